The summed E-state index contributed by atoms with van der Waals surface area (Å²) in [6, 6.07) is 0. The highest BCUT2D eigenvalue weighted by Gasteiger charge is 2.29. The molecule has 0 aromatic rings. The van der Waals surface area contributed by atoms with Crippen LogP contribution < -0.4 is 4.72 Å². The molecule has 1 saturated carbocycles. The van der Waals surface area contributed by atoms with Crippen LogP contribution in [0.25, 0.3) is 0 Å². The monoisotopic (exact) mass is 290 g/mol. The van der Waals surface area contributed by atoms with Gasteiger partial charge in [0.1, 0.15) is 0 Å². The number of rotatable bonds is 5. The van der Waals surface area contributed by atoms with Crippen LogP contribution in [0.1, 0.15) is 39.0 Å². The van der Waals surface area contributed by atoms with E-state index < -0.39 is 10.2 Å². The van der Waals surface area contributed by atoms with Crippen molar-refractivity contribution in [2.24, 2.45) is 17.8 Å². The molecule has 0 aromatic carbocycles. The maximum absolute atomic E-state index is 12.2. The Bertz CT molecular complexity index is 377. The zero-order valence-electron chi connectivity index (χ0n) is 11.7. The largest absolute Gasteiger partial charge is 0.396 e. The predicted octanol–water partition coefficient (Wildman–Crippen LogP) is 0.961. The maximum atomic E-state index is 12.2. The van der Waals surface area contributed by atoms with E-state index in [4.69, 9.17) is 5.11 Å². The summed E-state index contributed by atoms with van der Waals surface area (Å²) < 4.78 is 28.6. The number of nitrogens with zero attached hydrogens (tertiary/aromatic N) is 1. The van der Waals surface area contributed by atoms with Crippen molar-refractivity contribution in [1.82, 2.24) is 9.03 Å². The van der Waals surface area contributed by atoms with Crippen LogP contribution in [0.2, 0.25) is 0 Å². The van der Waals surface area contributed by atoms with Gasteiger partial charge in [-0.25, -0.2) is 4.72 Å². The molecule has 2 rings (SSSR count). The smallest absolute Gasteiger partial charge is 0.279 e. The Labute approximate surface area is 116 Å². The lowest BCUT2D eigenvalue weighted by atomic mass is 10.00. The van der Waals surface area contributed by atoms with Crippen molar-refractivity contribution in [2.45, 2.75) is 39.0 Å². The maximum Gasteiger partial charge on any atom is 0.279 e. The van der Waals surface area contributed by atoms with Gasteiger partial charge in [-0.15, -0.1) is 0 Å². The van der Waals surface area contributed by atoms with E-state index in [-0.39, 0.29) is 12.5 Å². The average Bonchev–Trinajstić information content (AvgIpc) is 2.82. The molecule has 0 radical (unpaired) electrons. The van der Waals surface area contributed by atoms with Gasteiger partial charge in [0.2, 0.25) is 0 Å². The molecule has 0 aromatic heterocycles. The van der Waals surface area contributed by atoms with Crippen LogP contribution in [-0.2, 0) is 10.2 Å². The first-order valence-electron chi connectivity index (χ1n) is 7.37. The van der Waals surface area contributed by atoms with E-state index in [1.54, 1.807) is 0 Å². The van der Waals surface area contributed by atoms with Crippen LogP contribution in [0.15, 0.2) is 0 Å². The number of hydrogen-bond donors (Lipinski definition) is 2. The molecule has 19 heavy (non-hydrogen) atoms. The third-order valence-electron chi connectivity index (χ3n) is 4.53. The van der Waals surface area contributed by atoms with E-state index >= 15 is 0 Å². The van der Waals surface area contributed by atoms with E-state index in [1.165, 1.54) is 10.7 Å². The highest BCUT2D eigenvalue weighted by atomic mass is 32.2. The first-order valence-corrected chi connectivity index (χ1v) is 8.81. The molecular formula is C13H26N2O3S. The van der Waals surface area contributed by atoms with E-state index in [2.05, 4.69) is 11.6 Å². The fraction of sp³-hybridized carbons (Fsp3) is 1.00. The van der Waals surface area contributed by atoms with Gasteiger partial charge >= 0.3 is 0 Å². The van der Waals surface area contributed by atoms with Crippen molar-refractivity contribution in [2.75, 3.05) is 26.2 Å². The topological polar surface area (TPSA) is 69.6 Å². The summed E-state index contributed by atoms with van der Waals surface area (Å²) in [6.45, 7) is 4.03. The fourth-order valence-corrected chi connectivity index (χ4v) is 4.48. The lowest BCUT2D eigenvalue weighted by Gasteiger charge is -2.30. The molecule has 2 unspecified atom stereocenters. The molecule has 0 spiro atoms. The Morgan fingerprint density at radius 2 is 1.84 bits per heavy atom. The molecular weight excluding hydrogens is 264 g/mol. The molecule has 2 atom stereocenters. The quantitative estimate of drug-likeness (QED) is 0.792. The van der Waals surface area contributed by atoms with Crippen molar-refractivity contribution >= 4 is 10.2 Å². The van der Waals surface area contributed by atoms with Crippen LogP contribution in [0.5, 0.6) is 0 Å². The van der Waals surface area contributed by atoms with Gasteiger partial charge < -0.3 is 5.11 Å². The predicted molar refractivity (Wildman–Crippen MR) is 74.8 cm³/mol. The number of aliphatic hydroxyl groups is 1. The second kappa shape index (κ2) is 6.52. The zero-order valence-corrected chi connectivity index (χ0v) is 12.5. The Kier molecular flexibility index (Phi) is 5.22. The van der Waals surface area contributed by atoms with Gasteiger partial charge in [-0.2, -0.15) is 12.7 Å². The first-order chi connectivity index (χ1) is 9.01. The molecule has 1 aliphatic carbocycles. The second-order valence-electron chi connectivity index (χ2n) is 6.16. The number of hydrogen-bond acceptors (Lipinski definition) is 3. The van der Waals surface area contributed by atoms with Crippen LogP contribution >= 0.6 is 0 Å². The van der Waals surface area contributed by atoms with Crippen LogP contribution in [-0.4, -0.2) is 44.1 Å². The number of nitrogens with one attached hydrogen (secondary N) is 1. The molecule has 5 nitrogen and oxygen atoms in total. The summed E-state index contributed by atoms with van der Waals surface area (Å²) in [5.41, 5.74) is 0. The van der Waals surface area contributed by atoms with E-state index in [1.807, 2.05) is 0 Å². The molecule has 0 amide bonds. The summed E-state index contributed by atoms with van der Waals surface area (Å²) in [5, 5.41) is 9.07. The van der Waals surface area contributed by atoms with Crippen molar-refractivity contribution in [1.29, 1.82) is 0 Å². The Morgan fingerprint density at radius 1 is 1.16 bits per heavy atom. The van der Waals surface area contributed by atoms with Gasteiger partial charge in [-0.3, -0.25) is 0 Å². The molecule has 2 aliphatic rings. The van der Waals surface area contributed by atoms with Gasteiger partial charge in [0.15, 0.2) is 0 Å². The van der Waals surface area contributed by atoms with Crippen molar-refractivity contribution in [3.05, 3.63) is 0 Å². The van der Waals surface area contributed by atoms with Crippen LogP contribution in [0.4, 0.5) is 0 Å². The first kappa shape index (κ1) is 15.2. The van der Waals surface area contributed by atoms with Gasteiger partial charge in [0.25, 0.3) is 10.2 Å². The van der Waals surface area contributed by atoms with Gasteiger partial charge in [0, 0.05) is 26.2 Å². The standard InChI is InChI=1S/C13H26N2O3S/c1-11-2-3-13(8-11)9-14-19(17,18)15-6-4-12(10-16)5-7-15/h11-14,16H,2-10H2,1H3. The summed E-state index contributed by atoms with van der Waals surface area (Å²) in [7, 11) is -3.32. The third kappa shape index (κ3) is 4.15. The molecule has 1 heterocycles. The normalized spacial score (nSPS) is 30.8. The molecule has 1 saturated heterocycles. The molecule has 112 valence electrons. The molecule has 2 fully saturated rings. The lowest BCUT2D eigenvalue weighted by Crippen LogP contribution is -2.46. The average molecular weight is 290 g/mol. The lowest BCUT2D eigenvalue weighted by molar-refractivity contribution is 0.169. The van der Waals surface area contributed by atoms with Crippen molar-refractivity contribution in [3.8, 4) is 0 Å². The Balaban J connectivity index is 1.78. The zero-order chi connectivity index (χ0) is 13.9. The van der Waals surface area contributed by atoms with Gasteiger partial charge in [-0.05, 0) is 43.4 Å². The fourth-order valence-electron chi connectivity index (χ4n) is 3.16. The highest BCUT2D eigenvalue weighted by Crippen LogP contribution is 2.29. The number of piperidine rings is 1. The SMILES string of the molecule is CC1CCC(CNS(=O)(=O)N2CCC(CO)CC2)C1. The summed E-state index contributed by atoms with van der Waals surface area (Å²) in [5.74, 6) is 1.50. The van der Waals surface area contributed by atoms with Crippen molar-refractivity contribution in [3.63, 3.8) is 0 Å². The minimum absolute atomic E-state index is 0.168. The second-order valence-corrected chi connectivity index (χ2v) is 7.92. The van der Waals surface area contributed by atoms with Gasteiger partial charge in [-0.1, -0.05) is 13.3 Å². The van der Waals surface area contributed by atoms with Crippen molar-refractivity contribution < 1.29 is 13.5 Å². The third-order valence-corrected chi connectivity index (χ3v) is 6.11. The van der Waals surface area contributed by atoms with E-state index in [0.717, 1.165) is 31.6 Å². The van der Waals surface area contributed by atoms with E-state index in [9.17, 15) is 8.42 Å². The summed E-state index contributed by atoms with van der Waals surface area (Å²) in [4.78, 5) is 0. The summed E-state index contributed by atoms with van der Waals surface area (Å²) in [6.07, 6.45) is 5.01. The van der Waals surface area contributed by atoms with Crippen LogP contribution in [0.3, 0.4) is 0 Å². The number of aliphatic hydroxyl groups excluding tert-OH is 1. The van der Waals surface area contributed by atoms with Gasteiger partial charge in [0.05, 0.1) is 0 Å². The Hall–Kier alpha value is -0.170. The molecule has 2 N–H and O–H groups in total. The minimum atomic E-state index is -3.32. The summed E-state index contributed by atoms with van der Waals surface area (Å²) >= 11 is 0. The minimum Gasteiger partial charge on any atom is -0.396 e. The van der Waals surface area contributed by atoms with E-state index in [0.29, 0.717) is 25.6 Å². The molecule has 1 aliphatic heterocycles. The molecule has 6 heteroatoms. The molecule has 0 bridgehead atoms. The Morgan fingerprint density at radius 3 is 2.37 bits per heavy atom. The highest BCUT2D eigenvalue weighted by molar-refractivity contribution is 7.87. The van der Waals surface area contributed by atoms with Crippen LogP contribution in [0, 0.1) is 17.8 Å².